The van der Waals surface area contributed by atoms with Crippen molar-refractivity contribution in [3.8, 4) is 0 Å². The van der Waals surface area contributed by atoms with Crippen molar-refractivity contribution in [3.05, 3.63) is 0 Å². The number of ether oxygens (including phenoxy) is 3. The predicted octanol–water partition coefficient (Wildman–Crippen LogP) is 1.03. The van der Waals surface area contributed by atoms with Gasteiger partial charge < -0.3 is 14.2 Å². The lowest BCUT2D eigenvalue weighted by Crippen LogP contribution is -2.42. The van der Waals surface area contributed by atoms with Crippen LogP contribution in [-0.2, 0) is 19.0 Å². The average Bonchev–Trinajstić information content (AvgIpc) is 2.59. The molecule has 0 aromatic carbocycles. The van der Waals surface area contributed by atoms with E-state index >= 15 is 0 Å². The number of ketones is 1. The molecule has 0 radical (unpaired) electrons. The second kappa shape index (κ2) is 3.54. The number of rotatable bonds is 0. The molecule has 0 aromatic heterocycles. The summed E-state index contributed by atoms with van der Waals surface area (Å²) in [5, 5.41) is 0. The fraction of sp³-hybridized carbons (Fsp3) is 0.909. The minimum atomic E-state index is -0.461. The zero-order valence-corrected chi connectivity index (χ0v) is 8.74. The molecule has 2 heterocycles. The van der Waals surface area contributed by atoms with Gasteiger partial charge in [0.25, 0.3) is 0 Å². The minimum Gasteiger partial charge on any atom is -0.371 e. The maximum absolute atomic E-state index is 11.6. The summed E-state index contributed by atoms with van der Waals surface area (Å²) >= 11 is 0. The normalized spacial score (nSPS) is 39.3. The number of Topliss-reactive ketones (excluding diaryl/α,β-unsaturated/α-hetero) is 1. The highest BCUT2D eigenvalue weighted by Gasteiger charge is 2.51. The maximum Gasteiger partial charge on any atom is 0.189 e. The summed E-state index contributed by atoms with van der Waals surface area (Å²) in [5.74, 6) is -0.426. The van der Waals surface area contributed by atoms with Gasteiger partial charge in [0.15, 0.2) is 11.6 Å². The Hall–Kier alpha value is -0.450. The maximum atomic E-state index is 11.6. The zero-order chi connectivity index (χ0) is 10.3. The predicted molar refractivity (Wildman–Crippen MR) is 51.4 cm³/mol. The molecule has 2 saturated heterocycles. The Morgan fingerprint density at radius 2 is 1.93 bits per heavy atom. The molecule has 0 aromatic rings. The Kier molecular flexibility index (Phi) is 2.30. The van der Waals surface area contributed by atoms with Crippen LogP contribution in [0.2, 0.25) is 0 Å². The third-order valence-corrected chi connectivity index (χ3v) is 3.50. The molecule has 0 N–H and O–H groups in total. The summed E-state index contributed by atoms with van der Waals surface area (Å²) in [6.45, 7) is 0.679. The summed E-state index contributed by atoms with van der Waals surface area (Å²) in [4.78, 5) is 11.6. The number of carbonyl (C=O) groups is 1. The molecule has 3 aliphatic rings. The van der Waals surface area contributed by atoms with Crippen molar-refractivity contribution in [2.45, 2.75) is 50.1 Å². The van der Waals surface area contributed by atoms with E-state index in [9.17, 15) is 4.79 Å². The van der Waals surface area contributed by atoms with Gasteiger partial charge in [0.1, 0.15) is 18.8 Å². The number of carbonyl (C=O) groups excluding carboxylic acids is 1. The summed E-state index contributed by atoms with van der Waals surface area (Å²) in [6, 6.07) is 0. The van der Waals surface area contributed by atoms with Gasteiger partial charge >= 0.3 is 0 Å². The largest absolute Gasteiger partial charge is 0.371 e. The van der Waals surface area contributed by atoms with Crippen molar-refractivity contribution in [1.29, 1.82) is 0 Å². The van der Waals surface area contributed by atoms with Gasteiger partial charge in [-0.15, -0.1) is 0 Å². The number of hydrogen-bond acceptors (Lipinski definition) is 4. The molecule has 0 bridgehead atoms. The number of hydrogen-bond donors (Lipinski definition) is 0. The fourth-order valence-electron chi connectivity index (χ4n) is 2.75. The van der Waals surface area contributed by atoms with E-state index < -0.39 is 5.79 Å². The van der Waals surface area contributed by atoms with Crippen molar-refractivity contribution in [2.75, 3.05) is 13.2 Å². The molecule has 0 amide bonds. The van der Waals surface area contributed by atoms with Crippen LogP contribution in [0.25, 0.3) is 0 Å². The Morgan fingerprint density at radius 3 is 2.67 bits per heavy atom. The third-order valence-electron chi connectivity index (χ3n) is 3.50. The monoisotopic (exact) mass is 212 g/mol. The lowest BCUT2D eigenvalue weighted by Gasteiger charge is -2.31. The van der Waals surface area contributed by atoms with Crippen molar-refractivity contribution in [1.82, 2.24) is 0 Å². The quantitative estimate of drug-likeness (QED) is 0.601. The van der Waals surface area contributed by atoms with E-state index in [1.54, 1.807) is 0 Å². The Morgan fingerprint density at radius 1 is 1.13 bits per heavy atom. The molecule has 3 fully saturated rings. The van der Waals surface area contributed by atoms with Gasteiger partial charge in [0.05, 0.1) is 6.61 Å². The SMILES string of the molecule is O=C1COCC2OC3(CCCCC3)O[C@@H]12. The Bertz CT molecular complexity index is 270. The van der Waals surface area contributed by atoms with Gasteiger partial charge in [-0.3, -0.25) is 4.79 Å². The smallest absolute Gasteiger partial charge is 0.189 e. The molecule has 2 atom stereocenters. The molecular weight excluding hydrogens is 196 g/mol. The molecule has 84 valence electrons. The zero-order valence-electron chi connectivity index (χ0n) is 8.74. The van der Waals surface area contributed by atoms with Crippen molar-refractivity contribution in [2.24, 2.45) is 0 Å². The topological polar surface area (TPSA) is 44.8 Å². The summed E-state index contributed by atoms with van der Waals surface area (Å²) in [6.07, 6.45) is 4.83. The highest BCUT2D eigenvalue weighted by molar-refractivity contribution is 5.85. The highest BCUT2D eigenvalue weighted by Crippen LogP contribution is 2.41. The van der Waals surface area contributed by atoms with Gasteiger partial charge in [-0.1, -0.05) is 6.42 Å². The Balaban J connectivity index is 1.77. The van der Waals surface area contributed by atoms with Crippen LogP contribution in [-0.4, -0.2) is 37.0 Å². The minimum absolute atomic E-state index is 0.0358. The molecule has 3 rings (SSSR count). The van der Waals surface area contributed by atoms with Crippen LogP contribution in [0.15, 0.2) is 0 Å². The van der Waals surface area contributed by atoms with Crippen LogP contribution < -0.4 is 0 Å². The van der Waals surface area contributed by atoms with E-state index in [4.69, 9.17) is 14.2 Å². The van der Waals surface area contributed by atoms with E-state index in [0.29, 0.717) is 6.61 Å². The third kappa shape index (κ3) is 1.61. The molecule has 1 spiro atoms. The van der Waals surface area contributed by atoms with Gasteiger partial charge in [0.2, 0.25) is 0 Å². The van der Waals surface area contributed by atoms with Gasteiger partial charge in [-0.05, 0) is 12.8 Å². The van der Waals surface area contributed by atoms with Crippen LogP contribution in [0.4, 0.5) is 0 Å². The molecule has 1 aliphatic carbocycles. The first kappa shape index (κ1) is 9.75. The van der Waals surface area contributed by atoms with Crippen LogP contribution in [0.5, 0.6) is 0 Å². The second-order valence-electron chi connectivity index (χ2n) is 4.65. The first-order valence-electron chi connectivity index (χ1n) is 5.75. The highest BCUT2D eigenvalue weighted by atomic mass is 16.8. The molecule has 1 saturated carbocycles. The van der Waals surface area contributed by atoms with Crippen LogP contribution >= 0.6 is 0 Å². The van der Waals surface area contributed by atoms with E-state index in [2.05, 4.69) is 0 Å². The Labute approximate surface area is 88.9 Å². The molecule has 2 aliphatic heterocycles. The van der Waals surface area contributed by atoms with Gasteiger partial charge in [-0.25, -0.2) is 0 Å². The lowest BCUT2D eigenvalue weighted by atomic mass is 9.94. The van der Waals surface area contributed by atoms with E-state index in [-0.39, 0.29) is 24.6 Å². The van der Waals surface area contributed by atoms with Crippen LogP contribution in [0.3, 0.4) is 0 Å². The molecule has 4 nitrogen and oxygen atoms in total. The summed E-state index contributed by atoms with van der Waals surface area (Å²) < 4.78 is 16.9. The van der Waals surface area contributed by atoms with Gasteiger partial charge in [-0.2, -0.15) is 0 Å². The molecule has 1 unspecified atom stereocenters. The van der Waals surface area contributed by atoms with Crippen molar-refractivity contribution in [3.63, 3.8) is 0 Å². The first-order valence-corrected chi connectivity index (χ1v) is 5.75. The second-order valence-corrected chi connectivity index (χ2v) is 4.65. The lowest BCUT2D eigenvalue weighted by molar-refractivity contribution is -0.194. The van der Waals surface area contributed by atoms with Crippen LogP contribution in [0, 0.1) is 0 Å². The van der Waals surface area contributed by atoms with Crippen LogP contribution in [0.1, 0.15) is 32.1 Å². The van der Waals surface area contributed by atoms with Gasteiger partial charge in [0, 0.05) is 12.8 Å². The fourth-order valence-corrected chi connectivity index (χ4v) is 2.75. The number of fused-ring (bicyclic) bond motifs is 1. The average molecular weight is 212 g/mol. The van der Waals surface area contributed by atoms with Crippen molar-refractivity contribution < 1.29 is 19.0 Å². The first-order chi connectivity index (χ1) is 7.29. The molecular formula is C11H16O4. The van der Waals surface area contributed by atoms with Crippen molar-refractivity contribution >= 4 is 5.78 Å². The summed E-state index contributed by atoms with van der Waals surface area (Å²) in [5.41, 5.74) is 0. The standard InChI is InChI=1S/C11H16O4/c12-8-6-13-7-9-10(8)15-11(14-9)4-2-1-3-5-11/h9-10H,1-7H2/t9?,10-/m0/s1. The summed E-state index contributed by atoms with van der Waals surface area (Å²) in [7, 11) is 0. The molecule has 4 heteroatoms. The van der Waals surface area contributed by atoms with E-state index in [1.807, 2.05) is 0 Å². The van der Waals surface area contributed by atoms with E-state index in [0.717, 1.165) is 25.7 Å². The van der Waals surface area contributed by atoms with E-state index in [1.165, 1.54) is 6.42 Å². The molecule has 15 heavy (non-hydrogen) atoms.